The third-order valence-corrected chi connectivity index (χ3v) is 3.88. The van der Waals surface area contributed by atoms with Crippen molar-refractivity contribution in [2.24, 2.45) is 5.73 Å². The van der Waals surface area contributed by atoms with Crippen LogP contribution in [0, 0.1) is 18.3 Å². The van der Waals surface area contributed by atoms with Gasteiger partial charge in [-0.2, -0.15) is 5.26 Å². The van der Waals surface area contributed by atoms with Crippen LogP contribution in [0.2, 0.25) is 0 Å². The minimum Gasteiger partial charge on any atom is -0.462 e. The van der Waals surface area contributed by atoms with E-state index >= 15 is 0 Å². The van der Waals surface area contributed by atoms with Crippen molar-refractivity contribution in [1.29, 1.82) is 5.26 Å². The van der Waals surface area contributed by atoms with E-state index in [0.717, 1.165) is 24.8 Å². The first-order valence-electron chi connectivity index (χ1n) is 7.50. The Kier molecular flexibility index (Phi) is 9.93. The zero-order chi connectivity index (χ0) is 17.4. The van der Waals surface area contributed by atoms with Crippen molar-refractivity contribution < 1.29 is 9.53 Å². The third kappa shape index (κ3) is 5.62. The van der Waals surface area contributed by atoms with Crippen LogP contribution < -0.4 is 11.1 Å². The van der Waals surface area contributed by atoms with E-state index in [1.54, 1.807) is 27.1 Å². The summed E-state index contributed by atoms with van der Waals surface area (Å²) in [5.41, 5.74) is 7.45. The number of carbonyl (C=O) groups excluding carboxylic acids is 1. The summed E-state index contributed by atoms with van der Waals surface area (Å²) in [5.74, 6) is -0.0656. The van der Waals surface area contributed by atoms with E-state index in [-0.39, 0.29) is 18.4 Å². The van der Waals surface area contributed by atoms with Crippen LogP contribution in [-0.2, 0) is 4.74 Å². The molecule has 8 heteroatoms. The van der Waals surface area contributed by atoms with Crippen molar-refractivity contribution >= 4 is 35.7 Å². The van der Waals surface area contributed by atoms with Gasteiger partial charge in [0.1, 0.15) is 6.07 Å². The van der Waals surface area contributed by atoms with E-state index in [4.69, 9.17) is 10.5 Å². The molecule has 1 saturated carbocycles. The zero-order valence-electron chi connectivity index (χ0n) is 14.1. The molecule has 132 valence electrons. The van der Waals surface area contributed by atoms with Gasteiger partial charge in [0, 0.05) is 13.2 Å². The summed E-state index contributed by atoms with van der Waals surface area (Å²) in [6.07, 6.45) is 4.76. The highest BCUT2D eigenvalue weighted by Crippen LogP contribution is 2.40. The fourth-order valence-electron chi connectivity index (χ4n) is 2.26. The molecule has 0 atom stereocenters. The standard InChI is InChI=1S/C14H16N2O2.C2H6N2S.ClH/c1-3-18-14(17)12-8-16-9(2)11(7-15)13(12)10-5-4-6-10;1-4-2(3)5;/h8,10H,3-6H2,1-2H3;1H3,(H3,3,4,5);1H. The second kappa shape index (κ2) is 10.8. The van der Waals surface area contributed by atoms with Gasteiger partial charge in [-0.3, -0.25) is 4.98 Å². The number of aromatic nitrogens is 1. The van der Waals surface area contributed by atoms with Crippen molar-refractivity contribution in [1.82, 2.24) is 10.3 Å². The van der Waals surface area contributed by atoms with Crippen molar-refractivity contribution in [2.75, 3.05) is 13.7 Å². The van der Waals surface area contributed by atoms with E-state index in [1.165, 1.54) is 0 Å². The summed E-state index contributed by atoms with van der Waals surface area (Å²) < 4.78 is 5.04. The van der Waals surface area contributed by atoms with Crippen LogP contribution in [0.3, 0.4) is 0 Å². The Morgan fingerprint density at radius 3 is 2.54 bits per heavy atom. The highest BCUT2D eigenvalue weighted by Gasteiger charge is 2.29. The summed E-state index contributed by atoms with van der Waals surface area (Å²) in [4.78, 5) is 16.0. The molecular formula is C16H23ClN4O2S. The molecule has 6 nitrogen and oxygen atoms in total. The molecule has 0 bridgehead atoms. The number of nitrogens with two attached hydrogens (primary N) is 1. The highest BCUT2D eigenvalue weighted by molar-refractivity contribution is 7.80. The second-order valence-corrected chi connectivity index (χ2v) is 5.56. The van der Waals surface area contributed by atoms with Crippen LogP contribution >= 0.6 is 24.6 Å². The van der Waals surface area contributed by atoms with Crippen LogP contribution in [-0.4, -0.2) is 29.7 Å². The van der Waals surface area contributed by atoms with Gasteiger partial charge >= 0.3 is 5.97 Å². The molecule has 0 unspecified atom stereocenters. The van der Waals surface area contributed by atoms with Gasteiger partial charge in [0.2, 0.25) is 0 Å². The van der Waals surface area contributed by atoms with Gasteiger partial charge in [0.05, 0.1) is 23.4 Å². The van der Waals surface area contributed by atoms with Crippen LogP contribution in [0.15, 0.2) is 6.20 Å². The van der Waals surface area contributed by atoms with Crippen LogP contribution in [0.25, 0.3) is 0 Å². The number of ether oxygens (including phenoxy) is 1. The Balaban J connectivity index is 0.000000777. The minimum absolute atomic E-state index is 0. The zero-order valence-corrected chi connectivity index (χ0v) is 15.7. The molecule has 1 aromatic rings. The Hall–Kier alpha value is -1.91. The number of nitrogens with zero attached hydrogens (tertiary/aromatic N) is 2. The lowest BCUT2D eigenvalue weighted by atomic mass is 9.76. The molecule has 1 aromatic heterocycles. The summed E-state index contributed by atoms with van der Waals surface area (Å²) in [6.45, 7) is 3.90. The molecule has 1 aliphatic rings. The first-order valence-corrected chi connectivity index (χ1v) is 7.90. The first kappa shape index (κ1) is 22.1. The number of nitrogens with one attached hydrogen (secondary N) is 1. The Morgan fingerprint density at radius 2 is 2.17 bits per heavy atom. The molecule has 1 aliphatic carbocycles. The second-order valence-electron chi connectivity index (χ2n) is 5.12. The number of hydrogen-bond donors (Lipinski definition) is 2. The Labute approximate surface area is 154 Å². The Morgan fingerprint density at radius 1 is 1.58 bits per heavy atom. The van der Waals surface area contributed by atoms with E-state index < -0.39 is 0 Å². The lowest BCUT2D eigenvalue weighted by Gasteiger charge is -2.28. The summed E-state index contributed by atoms with van der Waals surface area (Å²) in [7, 11) is 1.68. The maximum absolute atomic E-state index is 11.9. The number of aryl methyl sites for hydroxylation is 1. The number of nitriles is 1. The maximum Gasteiger partial charge on any atom is 0.340 e. The van der Waals surface area contributed by atoms with Crippen LogP contribution in [0.4, 0.5) is 0 Å². The van der Waals surface area contributed by atoms with E-state index in [9.17, 15) is 10.1 Å². The largest absolute Gasteiger partial charge is 0.462 e. The van der Waals surface area contributed by atoms with Gasteiger partial charge in [-0.1, -0.05) is 6.42 Å². The smallest absolute Gasteiger partial charge is 0.340 e. The van der Waals surface area contributed by atoms with Crippen molar-refractivity contribution in [3.05, 3.63) is 28.6 Å². The molecule has 0 spiro atoms. The van der Waals surface area contributed by atoms with Gasteiger partial charge in [0.15, 0.2) is 5.11 Å². The molecule has 2 rings (SSSR count). The van der Waals surface area contributed by atoms with Crippen molar-refractivity contribution in [3.8, 4) is 6.07 Å². The first-order chi connectivity index (χ1) is 11.0. The van der Waals surface area contributed by atoms with Crippen LogP contribution in [0.1, 0.15) is 59.3 Å². The average Bonchev–Trinajstić information content (AvgIpc) is 2.46. The van der Waals surface area contributed by atoms with Gasteiger partial charge in [-0.25, -0.2) is 4.79 Å². The summed E-state index contributed by atoms with van der Waals surface area (Å²) in [5, 5.41) is 12.1. The normalized spacial score (nSPS) is 12.4. The van der Waals surface area contributed by atoms with Gasteiger partial charge in [0.25, 0.3) is 0 Å². The molecule has 0 amide bonds. The number of carbonyl (C=O) groups is 1. The molecule has 24 heavy (non-hydrogen) atoms. The fraction of sp³-hybridized carbons (Fsp3) is 0.500. The van der Waals surface area contributed by atoms with E-state index in [2.05, 4.69) is 28.6 Å². The predicted molar refractivity (Wildman–Crippen MR) is 99.3 cm³/mol. The predicted octanol–water partition coefficient (Wildman–Crippen LogP) is 2.58. The molecule has 0 aliphatic heterocycles. The van der Waals surface area contributed by atoms with Crippen LogP contribution in [0.5, 0.6) is 0 Å². The summed E-state index contributed by atoms with van der Waals surface area (Å²) >= 11 is 4.36. The fourth-order valence-corrected chi connectivity index (χ4v) is 2.26. The number of halogens is 1. The molecule has 0 saturated heterocycles. The Bertz CT molecular complexity index is 627. The third-order valence-electron chi connectivity index (χ3n) is 3.68. The molecule has 1 fully saturated rings. The highest BCUT2D eigenvalue weighted by atomic mass is 35.5. The maximum atomic E-state index is 11.9. The van der Waals surface area contributed by atoms with E-state index in [1.807, 2.05) is 0 Å². The summed E-state index contributed by atoms with van der Waals surface area (Å²) in [6, 6.07) is 2.18. The van der Waals surface area contributed by atoms with Crippen molar-refractivity contribution in [3.63, 3.8) is 0 Å². The molecular weight excluding hydrogens is 348 g/mol. The monoisotopic (exact) mass is 370 g/mol. The molecule has 0 radical (unpaired) electrons. The molecule has 0 aromatic carbocycles. The molecule has 1 heterocycles. The number of pyridine rings is 1. The van der Waals surface area contributed by atoms with Gasteiger partial charge in [-0.05, 0) is 50.4 Å². The van der Waals surface area contributed by atoms with E-state index in [0.29, 0.717) is 34.5 Å². The SMILES string of the molecule is CCOC(=O)c1cnc(C)c(C#N)c1C1CCC1.CNC(N)=S.Cl. The van der Waals surface area contributed by atoms with Gasteiger partial charge < -0.3 is 15.8 Å². The number of thiocarbonyl (C=S) groups is 1. The number of rotatable bonds is 3. The quantitative estimate of drug-likeness (QED) is 0.622. The lowest BCUT2D eigenvalue weighted by molar-refractivity contribution is 0.0523. The van der Waals surface area contributed by atoms with Crippen molar-refractivity contribution in [2.45, 2.75) is 39.0 Å². The topological polar surface area (TPSA) is 101 Å². The molecule has 3 N–H and O–H groups in total. The lowest BCUT2D eigenvalue weighted by Crippen LogP contribution is -2.24. The number of esters is 1. The minimum atomic E-state index is -0.372. The number of hydrogen-bond acceptors (Lipinski definition) is 5. The average molecular weight is 371 g/mol. The van der Waals surface area contributed by atoms with Gasteiger partial charge in [-0.15, -0.1) is 12.4 Å².